The van der Waals surface area contributed by atoms with Crippen LogP contribution in [0.3, 0.4) is 0 Å². The normalized spacial score (nSPS) is 17.2. The van der Waals surface area contributed by atoms with Gasteiger partial charge in [0.15, 0.2) is 5.16 Å². The third kappa shape index (κ3) is 2.69. The van der Waals surface area contributed by atoms with Crippen molar-refractivity contribution in [1.82, 2.24) is 9.55 Å². The summed E-state index contributed by atoms with van der Waals surface area (Å²) in [5, 5.41) is 16.9. The number of hydrogen-bond acceptors (Lipinski definition) is 3. The molecule has 3 aromatic rings. The van der Waals surface area contributed by atoms with Gasteiger partial charge in [0.1, 0.15) is 5.75 Å². The van der Waals surface area contributed by atoms with Gasteiger partial charge in [-0.25, -0.2) is 4.98 Å². The first-order valence-corrected chi connectivity index (χ1v) is 8.85. The van der Waals surface area contributed by atoms with Crippen LogP contribution in [0.4, 0.5) is 11.4 Å². The van der Waals surface area contributed by atoms with Gasteiger partial charge < -0.3 is 15.0 Å². The molecule has 0 saturated carbocycles. The Bertz CT molecular complexity index is 889. The molecular weight excluding hydrogens is 330 g/mol. The van der Waals surface area contributed by atoms with Crippen LogP contribution < -0.4 is 5.32 Å². The number of anilines is 2. The number of imidazole rings is 1. The summed E-state index contributed by atoms with van der Waals surface area (Å²) in [5.41, 5.74) is 1.49. The van der Waals surface area contributed by atoms with E-state index in [1.54, 1.807) is 18.2 Å². The summed E-state index contributed by atoms with van der Waals surface area (Å²) in [5.74, 6) is 0.170. The average molecular weight is 344 g/mol. The van der Waals surface area contributed by atoms with Crippen molar-refractivity contribution in [3.05, 3.63) is 65.3 Å². The van der Waals surface area contributed by atoms with Crippen molar-refractivity contribution < 1.29 is 5.11 Å². The molecule has 0 radical (unpaired) electrons. The quantitative estimate of drug-likeness (QED) is 0.471. The second kappa shape index (κ2) is 5.68. The van der Waals surface area contributed by atoms with Gasteiger partial charge >= 0.3 is 0 Å². The molecule has 2 aromatic carbocycles. The maximum Gasteiger partial charge on any atom is 0.159 e. The summed E-state index contributed by atoms with van der Waals surface area (Å²) in [6.45, 7) is 0. The van der Waals surface area contributed by atoms with E-state index >= 15 is 0 Å². The minimum Gasteiger partial charge on any atom is -0.506 e. The fourth-order valence-electron chi connectivity index (χ4n) is 2.48. The van der Waals surface area contributed by atoms with Crippen LogP contribution in [0.5, 0.6) is 5.75 Å². The van der Waals surface area contributed by atoms with E-state index in [4.69, 9.17) is 11.6 Å². The maximum atomic E-state index is 9.87. The highest BCUT2D eigenvalue weighted by Crippen LogP contribution is 2.48. The minimum atomic E-state index is -0.529. The number of aromatic nitrogens is 2. The molecule has 1 unspecified atom stereocenters. The van der Waals surface area contributed by atoms with Crippen LogP contribution in [0.1, 0.15) is 0 Å². The number of phenols is 1. The number of fused-ring (bicyclic) bond motifs is 1. The number of phenolic OH excluding ortho intramolecular Hbond substituents is 1. The zero-order valence-electron chi connectivity index (χ0n) is 12.0. The number of thiol groups is 1. The Morgan fingerprint density at radius 3 is 2.78 bits per heavy atom. The number of hydrogen-bond donors (Lipinski definition) is 3. The van der Waals surface area contributed by atoms with Crippen LogP contribution in [-0.4, -0.2) is 14.7 Å². The fourth-order valence-corrected chi connectivity index (χ4v) is 4.51. The predicted molar refractivity (Wildman–Crippen MR) is 95.9 cm³/mol. The molecule has 4 rings (SSSR count). The minimum absolute atomic E-state index is 0.170. The van der Waals surface area contributed by atoms with Crippen LogP contribution >= 0.6 is 22.5 Å². The predicted octanol–water partition coefficient (Wildman–Crippen LogP) is 4.85. The molecule has 116 valence electrons. The monoisotopic (exact) mass is 343 g/mol. The Balaban J connectivity index is 1.57. The Morgan fingerprint density at radius 1 is 1.13 bits per heavy atom. The van der Waals surface area contributed by atoms with E-state index in [1.165, 1.54) is 4.90 Å². The molecule has 23 heavy (non-hydrogen) atoms. The number of benzene rings is 2. The van der Waals surface area contributed by atoms with E-state index in [0.29, 0.717) is 10.7 Å². The lowest BCUT2D eigenvalue weighted by molar-refractivity contribution is 0.478. The number of nitrogens with one attached hydrogen (secondary N) is 1. The lowest BCUT2D eigenvalue weighted by Crippen LogP contribution is -1.91. The summed E-state index contributed by atoms with van der Waals surface area (Å²) in [6.07, 6.45) is 5.85. The zero-order valence-corrected chi connectivity index (χ0v) is 13.7. The standard InChI is InChI=1S/C17H14ClN3OS/c18-12-1-6-16(22)15(11-12)20-13-2-4-14(5-3-13)23-10-9-21-8-7-19-17(21)23/h1-11,20,22-23H. The number of nitrogens with zero attached hydrogens (tertiary/aromatic N) is 2. The van der Waals surface area contributed by atoms with Crippen LogP contribution in [0.2, 0.25) is 5.02 Å². The van der Waals surface area contributed by atoms with Gasteiger partial charge in [-0.05, 0) is 52.8 Å². The molecule has 0 bridgehead atoms. The van der Waals surface area contributed by atoms with E-state index in [9.17, 15) is 5.11 Å². The molecule has 0 spiro atoms. The molecular formula is C17H14ClN3OS. The van der Waals surface area contributed by atoms with Crippen molar-refractivity contribution in [2.24, 2.45) is 0 Å². The maximum absolute atomic E-state index is 9.87. The lowest BCUT2D eigenvalue weighted by atomic mass is 10.2. The van der Waals surface area contributed by atoms with Crippen molar-refractivity contribution in [3.63, 3.8) is 0 Å². The van der Waals surface area contributed by atoms with E-state index in [0.717, 1.165) is 10.8 Å². The lowest BCUT2D eigenvalue weighted by Gasteiger charge is -2.14. The first-order valence-electron chi connectivity index (χ1n) is 7.07. The van der Waals surface area contributed by atoms with Crippen LogP contribution in [0, 0.1) is 0 Å². The van der Waals surface area contributed by atoms with Gasteiger partial charge in [-0.15, -0.1) is 10.9 Å². The molecule has 6 heteroatoms. The highest BCUT2D eigenvalue weighted by molar-refractivity contribution is 8.19. The Hall–Kier alpha value is -2.37. The molecule has 0 amide bonds. The summed E-state index contributed by atoms with van der Waals surface area (Å²) < 4.78 is 2.06. The van der Waals surface area contributed by atoms with Crippen LogP contribution in [0.25, 0.3) is 6.20 Å². The molecule has 0 saturated heterocycles. The molecule has 2 N–H and O–H groups in total. The molecule has 0 fully saturated rings. The van der Waals surface area contributed by atoms with Crippen molar-refractivity contribution in [2.75, 3.05) is 5.32 Å². The van der Waals surface area contributed by atoms with Crippen LogP contribution in [0.15, 0.2) is 70.3 Å². The molecule has 1 aliphatic rings. The van der Waals surface area contributed by atoms with Crippen molar-refractivity contribution in [3.8, 4) is 5.75 Å². The first kappa shape index (κ1) is 14.2. The Morgan fingerprint density at radius 2 is 1.96 bits per heavy atom. The Labute approximate surface area is 141 Å². The van der Waals surface area contributed by atoms with Gasteiger partial charge in [-0.1, -0.05) is 11.6 Å². The van der Waals surface area contributed by atoms with Crippen molar-refractivity contribution >= 4 is 40.1 Å². The van der Waals surface area contributed by atoms with Crippen molar-refractivity contribution in [1.29, 1.82) is 0 Å². The van der Waals surface area contributed by atoms with E-state index in [-0.39, 0.29) is 5.75 Å². The van der Waals surface area contributed by atoms with Gasteiger partial charge in [0, 0.05) is 29.3 Å². The van der Waals surface area contributed by atoms with Crippen molar-refractivity contribution in [2.45, 2.75) is 10.1 Å². The zero-order chi connectivity index (χ0) is 15.8. The smallest absolute Gasteiger partial charge is 0.159 e. The molecule has 1 aliphatic heterocycles. The second-order valence-electron chi connectivity index (χ2n) is 5.14. The number of aromatic hydroxyl groups is 1. The van der Waals surface area contributed by atoms with Gasteiger partial charge in [-0.2, -0.15) is 0 Å². The highest BCUT2D eigenvalue weighted by atomic mass is 35.5. The Kier molecular flexibility index (Phi) is 3.52. The molecule has 1 aromatic heterocycles. The SMILES string of the molecule is Oc1ccc(Cl)cc1Nc1ccc([SH]2C=Cn3ccnc32)cc1. The molecule has 0 aliphatic carbocycles. The average Bonchev–Trinajstić information content (AvgIpc) is 3.15. The summed E-state index contributed by atoms with van der Waals surface area (Å²) >= 11 is 5.97. The highest BCUT2D eigenvalue weighted by Gasteiger charge is 2.16. The van der Waals surface area contributed by atoms with E-state index in [2.05, 4.69) is 38.6 Å². The second-order valence-corrected chi connectivity index (χ2v) is 7.53. The largest absolute Gasteiger partial charge is 0.506 e. The van der Waals surface area contributed by atoms with E-state index < -0.39 is 10.9 Å². The third-order valence-electron chi connectivity index (χ3n) is 3.62. The number of halogens is 1. The van der Waals surface area contributed by atoms with E-state index in [1.807, 2.05) is 24.5 Å². The summed E-state index contributed by atoms with van der Waals surface area (Å²) in [7, 11) is -0.529. The van der Waals surface area contributed by atoms with Gasteiger partial charge in [-0.3, -0.25) is 0 Å². The third-order valence-corrected chi connectivity index (χ3v) is 5.92. The number of rotatable bonds is 3. The molecule has 1 atom stereocenters. The summed E-state index contributed by atoms with van der Waals surface area (Å²) in [4.78, 5) is 5.67. The van der Waals surface area contributed by atoms with Gasteiger partial charge in [0.25, 0.3) is 0 Å². The van der Waals surface area contributed by atoms with Gasteiger partial charge in [0.2, 0.25) is 0 Å². The first-order chi connectivity index (χ1) is 11.2. The molecule has 2 heterocycles. The summed E-state index contributed by atoms with van der Waals surface area (Å²) in [6, 6.07) is 13.1. The molecule has 4 nitrogen and oxygen atoms in total. The van der Waals surface area contributed by atoms with Gasteiger partial charge in [0.05, 0.1) is 5.69 Å². The van der Waals surface area contributed by atoms with Crippen LogP contribution in [-0.2, 0) is 0 Å². The topological polar surface area (TPSA) is 50.1 Å². The fraction of sp³-hybridized carbons (Fsp3) is 0.